The molecular weight excluding hydrogens is 755 g/mol. The molecule has 0 radical (unpaired) electrons. The van der Waals surface area contributed by atoms with Crippen LogP contribution in [0.25, 0.3) is 72.7 Å². The zero-order chi connectivity index (χ0) is 62.7. The summed E-state index contributed by atoms with van der Waals surface area (Å²) >= 11 is 0. The molecule has 0 aliphatic heterocycles. The molecule has 0 saturated heterocycles. The number of hydrogen-bond acceptors (Lipinski definition) is 3. The molecule has 6 aromatic carbocycles. The molecule has 62 heavy (non-hydrogen) atoms. The largest absolute Gasteiger partial charge is 0.507 e. The van der Waals surface area contributed by atoms with Gasteiger partial charge in [-0.1, -0.05) is 166 Å². The molecule has 4 nitrogen and oxygen atoms in total. The van der Waals surface area contributed by atoms with E-state index in [1.807, 2.05) is 75.4 Å². The van der Waals surface area contributed by atoms with Crippen molar-refractivity contribution in [3.8, 4) is 67.5 Å². The molecule has 0 aliphatic carbocycles. The summed E-state index contributed by atoms with van der Waals surface area (Å²) < 4.78 is 192. The molecular formula is C58H61N3O. The van der Waals surface area contributed by atoms with Gasteiger partial charge >= 0.3 is 0 Å². The predicted molar refractivity (Wildman–Crippen MR) is 263 cm³/mol. The fraction of sp³-hybridized carbons (Fsp3) is 0.276. The van der Waals surface area contributed by atoms with Crippen molar-refractivity contribution in [2.75, 3.05) is 0 Å². The lowest BCUT2D eigenvalue weighted by Crippen LogP contribution is -2.17. The number of phenolic OH excluding ortho intramolecular Hbond substituents is 1. The van der Waals surface area contributed by atoms with Crippen molar-refractivity contribution in [3.05, 3.63) is 167 Å². The van der Waals surface area contributed by atoms with Gasteiger partial charge in [-0.3, -0.25) is 9.55 Å². The second-order valence-corrected chi connectivity index (χ2v) is 17.0. The molecule has 2 heterocycles. The maximum atomic E-state index is 13.0. The number of pyridine rings is 1. The number of imidazole rings is 1. The molecule has 2 aromatic heterocycles. The Bertz CT molecular complexity index is 3700. The Morgan fingerprint density at radius 3 is 2.02 bits per heavy atom. The third-order valence-corrected chi connectivity index (χ3v) is 11.1. The molecule has 8 rings (SSSR count). The Balaban J connectivity index is 1.57. The van der Waals surface area contributed by atoms with E-state index in [-0.39, 0.29) is 28.4 Å². The summed E-state index contributed by atoms with van der Waals surface area (Å²) in [7, 11) is 0. The van der Waals surface area contributed by atoms with Gasteiger partial charge in [0.05, 0.1) is 22.3 Å². The van der Waals surface area contributed by atoms with Crippen molar-refractivity contribution >= 4 is 11.0 Å². The lowest BCUT2D eigenvalue weighted by Gasteiger charge is -2.27. The molecule has 8 aromatic rings. The van der Waals surface area contributed by atoms with Crippen molar-refractivity contribution in [3.63, 3.8) is 0 Å². The van der Waals surface area contributed by atoms with Gasteiger partial charge in [0.1, 0.15) is 11.6 Å². The number of aromatic hydroxyl groups is 1. The van der Waals surface area contributed by atoms with Crippen molar-refractivity contribution in [1.29, 1.82) is 0 Å². The highest BCUT2D eigenvalue weighted by Crippen LogP contribution is 2.45. The van der Waals surface area contributed by atoms with E-state index in [0.717, 1.165) is 16.7 Å². The fourth-order valence-electron chi connectivity index (χ4n) is 7.83. The Labute approximate surface area is 400 Å². The number of aryl methyl sites for hydroxylation is 1. The monoisotopic (exact) mass is 838 g/mol. The van der Waals surface area contributed by atoms with Gasteiger partial charge in [-0.05, 0) is 122 Å². The second kappa shape index (κ2) is 15.9. The maximum absolute atomic E-state index is 13.0. The van der Waals surface area contributed by atoms with Crippen LogP contribution in [0.4, 0.5) is 0 Å². The van der Waals surface area contributed by atoms with E-state index in [1.165, 1.54) is 16.7 Å². The second-order valence-electron chi connectivity index (χ2n) is 17.0. The average Bonchev–Trinajstić information content (AvgIpc) is 0.834. The summed E-state index contributed by atoms with van der Waals surface area (Å²) in [6, 6.07) is 35.8. The van der Waals surface area contributed by atoms with Crippen LogP contribution in [0.5, 0.6) is 5.75 Å². The molecule has 314 valence electrons. The summed E-state index contributed by atoms with van der Waals surface area (Å²) in [5.41, 5.74) is -5.69. The van der Waals surface area contributed by atoms with Crippen molar-refractivity contribution in [2.24, 2.45) is 0 Å². The van der Waals surface area contributed by atoms with Crippen LogP contribution >= 0.6 is 0 Å². The SMILES string of the molecule is [2H]C([2H])([2H])c1ccc(-c2ccnc(-c3cc(-c4cccc5c4nc(-c4cc(C(C([2H])([2H])[2H])(C([2H])([2H])[2H])C([2H])([2H])[2H])cc(C(C([2H])([2H])[2H])(C([2H])([2H])[2H])C([2H])([2H])[2H])c4O)n5-c4ccc(-c5ccccc5)c(C([2H])(C)C)c4)cc(C(C)(C)C)c3)c2)cc1. The van der Waals surface area contributed by atoms with Crippen LogP contribution in [0.2, 0.25) is 0 Å². The normalized spacial score (nSPS) is 19.2. The van der Waals surface area contributed by atoms with Gasteiger partial charge in [0.15, 0.2) is 0 Å². The maximum Gasteiger partial charge on any atom is 0.149 e. The molecule has 1 N–H and O–H groups in total. The molecule has 0 spiro atoms. The Hall–Kier alpha value is -6.26. The number of fused-ring (bicyclic) bond motifs is 1. The highest BCUT2D eigenvalue weighted by molar-refractivity contribution is 5.97. The summed E-state index contributed by atoms with van der Waals surface area (Å²) in [5, 5.41) is 13.0. The number of nitrogens with zero attached hydrogens (tertiary/aromatic N) is 3. The van der Waals surface area contributed by atoms with Gasteiger partial charge in [-0.2, -0.15) is 0 Å². The van der Waals surface area contributed by atoms with Crippen molar-refractivity contribution in [2.45, 2.75) is 105 Å². The number of para-hydroxylation sites is 1. The topological polar surface area (TPSA) is 50.9 Å². The lowest BCUT2D eigenvalue weighted by atomic mass is 9.79. The molecule has 0 amide bonds. The smallest absolute Gasteiger partial charge is 0.149 e. The predicted octanol–water partition coefficient (Wildman–Crippen LogP) is 15.8. The van der Waals surface area contributed by atoms with E-state index in [0.29, 0.717) is 45.1 Å². The van der Waals surface area contributed by atoms with E-state index in [1.54, 1.807) is 74.6 Å². The lowest BCUT2D eigenvalue weighted by molar-refractivity contribution is 0.446. The van der Waals surface area contributed by atoms with Crippen LogP contribution in [0, 0.1) is 6.85 Å². The van der Waals surface area contributed by atoms with E-state index in [9.17, 15) is 6.48 Å². The van der Waals surface area contributed by atoms with Gasteiger partial charge in [0.2, 0.25) is 0 Å². The fourth-order valence-corrected chi connectivity index (χ4v) is 7.83. The van der Waals surface area contributed by atoms with Crippen LogP contribution in [0.1, 0.15) is 140 Å². The summed E-state index contributed by atoms with van der Waals surface area (Å²) in [5.74, 6) is -3.27. The molecule has 0 atom stereocenters. The first kappa shape index (κ1) is 23.3. The molecule has 4 heteroatoms. The highest BCUT2D eigenvalue weighted by atomic mass is 16.3. The number of benzene rings is 6. The zero-order valence-corrected chi connectivity index (χ0v) is 35.1. The van der Waals surface area contributed by atoms with Crippen LogP contribution < -0.4 is 0 Å². The molecule has 0 unspecified atom stereocenters. The number of rotatable bonds is 7. The standard InChI is InChI=1S/C58H61N3O/c1-36(2)48-35-45(25-26-46(48)39-17-14-13-15-18-39)61-52-20-16-19-47(53(52)60-55(61)49-33-44(57(7,8)9)34-50(54(49)62)58(10,11)12)41-29-42(31-43(30-41)56(4,5)6)51-32-40(27-28-59-51)38-23-21-37(3)22-24-38/h13-36,62H,1-12H3/i3D3,7D3,8D3,9D3,10D3,11D3,12D3,36D. The first-order chi connectivity index (χ1) is 38.3. The highest BCUT2D eigenvalue weighted by Gasteiger charge is 2.29. The molecule has 0 aliphatic rings. The minimum atomic E-state index is -4.18. The number of phenols is 1. The van der Waals surface area contributed by atoms with Crippen LogP contribution in [0.15, 0.2) is 140 Å². The molecule has 0 saturated carbocycles. The summed E-state index contributed by atoms with van der Waals surface area (Å²) in [6.45, 7) is -17.8. The van der Waals surface area contributed by atoms with Gasteiger partial charge in [0.25, 0.3) is 0 Å². The van der Waals surface area contributed by atoms with Crippen molar-refractivity contribution in [1.82, 2.24) is 14.5 Å². The summed E-state index contributed by atoms with van der Waals surface area (Å²) in [4.78, 5) is 9.86. The van der Waals surface area contributed by atoms with Crippen LogP contribution in [0.3, 0.4) is 0 Å². The number of aromatic nitrogens is 3. The van der Waals surface area contributed by atoms with Gasteiger partial charge in [0, 0.05) is 58.7 Å². The quantitative estimate of drug-likeness (QED) is 0.174. The Kier molecular flexibility index (Phi) is 5.96. The third kappa shape index (κ3) is 8.23. The Morgan fingerprint density at radius 2 is 1.32 bits per heavy atom. The van der Waals surface area contributed by atoms with E-state index < -0.39 is 98.4 Å². The first-order valence-electron chi connectivity index (χ1n) is 31.1. The zero-order valence-electron chi connectivity index (χ0n) is 57.1. The average molecular weight is 838 g/mol. The summed E-state index contributed by atoms with van der Waals surface area (Å²) in [6.07, 6.45) is 1.61. The molecule has 0 fully saturated rings. The number of hydrogen-bond donors (Lipinski definition) is 1. The van der Waals surface area contributed by atoms with Crippen LogP contribution in [-0.2, 0) is 16.2 Å². The van der Waals surface area contributed by atoms with Crippen LogP contribution in [-0.4, -0.2) is 19.6 Å². The minimum Gasteiger partial charge on any atom is -0.507 e. The third-order valence-electron chi connectivity index (χ3n) is 11.1. The Morgan fingerprint density at radius 1 is 0.597 bits per heavy atom. The van der Waals surface area contributed by atoms with Crippen molar-refractivity contribution < 1.29 is 35.3 Å². The van der Waals surface area contributed by atoms with Gasteiger partial charge < -0.3 is 5.11 Å². The van der Waals surface area contributed by atoms with E-state index in [4.69, 9.17) is 38.8 Å². The first-order valence-corrected chi connectivity index (χ1v) is 20.1. The van der Waals surface area contributed by atoms with E-state index >= 15 is 0 Å². The minimum absolute atomic E-state index is 0.105. The van der Waals surface area contributed by atoms with Gasteiger partial charge in [-0.15, -0.1) is 0 Å². The van der Waals surface area contributed by atoms with E-state index in [2.05, 4.69) is 0 Å². The molecule has 0 bridgehead atoms. The van der Waals surface area contributed by atoms with Gasteiger partial charge in [-0.25, -0.2) is 4.98 Å².